The first-order valence-corrected chi connectivity index (χ1v) is 16.0. The first-order valence-electron chi connectivity index (χ1n) is 16.0. The summed E-state index contributed by atoms with van der Waals surface area (Å²) in [4.78, 5) is 19.3. The second-order valence-electron chi connectivity index (χ2n) is 12.0. The molecular formula is C39H41N3O4. The Hall–Kier alpha value is -4.88. The molecule has 0 saturated carbocycles. The van der Waals surface area contributed by atoms with Gasteiger partial charge in [0.05, 0.1) is 17.0 Å². The monoisotopic (exact) mass is 615 g/mol. The largest absolute Gasteiger partial charge is 0.486 e. The lowest BCUT2D eigenvalue weighted by atomic mass is 10.1. The van der Waals surface area contributed by atoms with Crippen molar-refractivity contribution in [2.75, 3.05) is 13.2 Å². The molecule has 46 heavy (non-hydrogen) atoms. The van der Waals surface area contributed by atoms with Crippen LogP contribution in [-0.2, 0) is 26.2 Å². The summed E-state index contributed by atoms with van der Waals surface area (Å²) in [5.41, 5.74) is 9.22. The molecule has 1 aliphatic rings. The molecule has 0 spiro atoms. The van der Waals surface area contributed by atoms with E-state index in [1.165, 1.54) is 11.1 Å². The van der Waals surface area contributed by atoms with Gasteiger partial charge in [-0.15, -0.1) is 0 Å². The third-order valence-corrected chi connectivity index (χ3v) is 8.51. The molecule has 0 fully saturated rings. The van der Waals surface area contributed by atoms with Crippen LogP contribution in [0.15, 0.2) is 91.0 Å². The first kappa shape index (κ1) is 31.1. The first-order chi connectivity index (χ1) is 22.4. The van der Waals surface area contributed by atoms with Crippen LogP contribution in [-0.4, -0.2) is 38.7 Å². The molecular weight excluding hydrogens is 574 g/mol. The van der Waals surface area contributed by atoms with Crippen molar-refractivity contribution < 1.29 is 19.4 Å². The molecule has 2 heterocycles. The second kappa shape index (κ2) is 14.0. The van der Waals surface area contributed by atoms with Gasteiger partial charge in [-0.2, -0.15) is 0 Å². The summed E-state index contributed by atoms with van der Waals surface area (Å²) in [6, 6.07) is 30.4. The van der Waals surface area contributed by atoms with Gasteiger partial charge in [-0.3, -0.25) is 4.90 Å². The number of hydrogen-bond donors (Lipinski definition) is 1. The molecule has 7 heteroatoms. The molecule has 5 aromatic rings. The smallest absolute Gasteiger partial charge is 0.335 e. The lowest BCUT2D eigenvalue weighted by Crippen LogP contribution is -2.25. The standard InChI is InChI=1S/C39H41N3O4/c1-4-5-20-42-34(37(31-15-10-27(2)11-16-31)40-38(42)33-9-7-6-8-28(33)3)26-41(24-29-12-17-32(18-13-29)39(43)44)25-30-14-19-35-36(23-30)46-22-21-45-35/h6-19,23H,4-5,20-22,24-26H2,1-3H3,(H,43,44). The van der Waals surface area contributed by atoms with Crippen molar-refractivity contribution in [3.63, 3.8) is 0 Å². The summed E-state index contributed by atoms with van der Waals surface area (Å²) in [5.74, 6) is 1.60. The van der Waals surface area contributed by atoms with Crippen molar-refractivity contribution in [3.8, 4) is 34.1 Å². The van der Waals surface area contributed by atoms with Crippen LogP contribution in [0.5, 0.6) is 11.5 Å². The number of benzene rings is 4. The van der Waals surface area contributed by atoms with E-state index in [-0.39, 0.29) is 5.56 Å². The molecule has 1 N–H and O–H groups in total. The third kappa shape index (κ3) is 7.00. The molecule has 1 aromatic heterocycles. The number of ether oxygens (including phenoxy) is 2. The number of aryl methyl sites for hydroxylation is 2. The molecule has 0 amide bonds. The number of imidazole rings is 1. The average molecular weight is 616 g/mol. The molecule has 0 bridgehead atoms. The van der Waals surface area contributed by atoms with Gasteiger partial charge in [0.25, 0.3) is 0 Å². The highest BCUT2D eigenvalue weighted by Crippen LogP contribution is 2.35. The predicted molar refractivity (Wildman–Crippen MR) is 181 cm³/mol. The summed E-state index contributed by atoms with van der Waals surface area (Å²) in [6.07, 6.45) is 2.11. The van der Waals surface area contributed by atoms with E-state index in [0.717, 1.165) is 70.4 Å². The molecule has 0 saturated heterocycles. The zero-order valence-corrected chi connectivity index (χ0v) is 26.8. The Labute approximate surface area is 271 Å². The van der Waals surface area contributed by atoms with Crippen LogP contribution in [0.2, 0.25) is 0 Å². The van der Waals surface area contributed by atoms with E-state index < -0.39 is 5.97 Å². The van der Waals surface area contributed by atoms with Crippen LogP contribution < -0.4 is 9.47 Å². The second-order valence-corrected chi connectivity index (χ2v) is 12.0. The zero-order valence-electron chi connectivity index (χ0n) is 26.8. The van der Waals surface area contributed by atoms with Crippen molar-refractivity contribution in [2.24, 2.45) is 0 Å². The summed E-state index contributed by atoms with van der Waals surface area (Å²) in [6.45, 7) is 10.3. The highest BCUT2D eigenvalue weighted by molar-refractivity contribution is 5.87. The highest BCUT2D eigenvalue weighted by Gasteiger charge is 2.23. The number of rotatable bonds is 12. The van der Waals surface area contributed by atoms with Crippen LogP contribution in [0.4, 0.5) is 0 Å². The van der Waals surface area contributed by atoms with Gasteiger partial charge >= 0.3 is 5.97 Å². The molecule has 0 unspecified atom stereocenters. The number of aromatic carboxylic acids is 1. The fourth-order valence-electron chi connectivity index (χ4n) is 6.01. The summed E-state index contributed by atoms with van der Waals surface area (Å²) < 4.78 is 14.1. The van der Waals surface area contributed by atoms with E-state index in [1.54, 1.807) is 12.1 Å². The number of aromatic nitrogens is 2. The number of hydrogen-bond acceptors (Lipinski definition) is 5. The van der Waals surface area contributed by atoms with Gasteiger partial charge in [-0.05, 0) is 61.2 Å². The van der Waals surface area contributed by atoms with E-state index in [4.69, 9.17) is 14.5 Å². The van der Waals surface area contributed by atoms with Gasteiger partial charge in [-0.1, -0.05) is 85.6 Å². The Morgan fingerprint density at radius 3 is 2.26 bits per heavy atom. The number of carboxylic acids is 1. The molecule has 4 aromatic carbocycles. The van der Waals surface area contributed by atoms with Crippen LogP contribution in [0.25, 0.3) is 22.6 Å². The molecule has 236 valence electrons. The summed E-state index contributed by atoms with van der Waals surface area (Å²) in [5, 5.41) is 9.47. The molecule has 6 rings (SSSR count). The number of unbranched alkanes of at least 4 members (excludes halogenated alkanes) is 1. The topological polar surface area (TPSA) is 76.8 Å². The SMILES string of the molecule is CCCCn1c(-c2ccccc2C)nc(-c2ccc(C)cc2)c1CN(Cc1ccc(C(=O)O)cc1)Cc1ccc2c(c1)OCCO2. The fraction of sp³-hybridized carbons (Fsp3) is 0.282. The predicted octanol–water partition coefficient (Wildman–Crippen LogP) is 8.31. The Balaban J connectivity index is 1.45. The van der Waals surface area contributed by atoms with Gasteiger partial charge in [0.1, 0.15) is 19.0 Å². The van der Waals surface area contributed by atoms with E-state index in [1.807, 2.05) is 18.2 Å². The lowest BCUT2D eigenvalue weighted by Gasteiger charge is -2.26. The fourth-order valence-corrected chi connectivity index (χ4v) is 6.01. The van der Waals surface area contributed by atoms with E-state index in [9.17, 15) is 9.90 Å². The maximum atomic E-state index is 11.6. The van der Waals surface area contributed by atoms with Crippen LogP contribution in [0, 0.1) is 13.8 Å². The van der Waals surface area contributed by atoms with Gasteiger partial charge in [0, 0.05) is 37.3 Å². The van der Waals surface area contributed by atoms with Crippen molar-refractivity contribution in [1.29, 1.82) is 0 Å². The number of fused-ring (bicyclic) bond motifs is 1. The minimum Gasteiger partial charge on any atom is -0.486 e. The van der Waals surface area contributed by atoms with Crippen LogP contribution in [0.1, 0.15) is 58.1 Å². The normalized spacial score (nSPS) is 12.4. The molecule has 0 aliphatic carbocycles. The molecule has 0 atom stereocenters. The van der Waals surface area contributed by atoms with Gasteiger partial charge < -0.3 is 19.1 Å². The number of nitrogens with zero attached hydrogens (tertiary/aromatic N) is 3. The molecule has 7 nitrogen and oxygen atoms in total. The zero-order chi connectivity index (χ0) is 32.0. The summed E-state index contributed by atoms with van der Waals surface area (Å²) in [7, 11) is 0. The Kier molecular flexibility index (Phi) is 9.50. The van der Waals surface area contributed by atoms with E-state index >= 15 is 0 Å². The third-order valence-electron chi connectivity index (χ3n) is 8.51. The van der Waals surface area contributed by atoms with Gasteiger partial charge in [0.2, 0.25) is 0 Å². The molecule has 0 radical (unpaired) electrons. The lowest BCUT2D eigenvalue weighted by molar-refractivity contribution is 0.0697. The summed E-state index contributed by atoms with van der Waals surface area (Å²) >= 11 is 0. The van der Waals surface area contributed by atoms with Crippen molar-refractivity contribution >= 4 is 5.97 Å². The Morgan fingerprint density at radius 1 is 0.848 bits per heavy atom. The maximum absolute atomic E-state index is 11.6. The van der Waals surface area contributed by atoms with Crippen molar-refractivity contribution in [2.45, 2.75) is 59.8 Å². The van der Waals surface area contributed by atoms with E-state index in [2.05, 4.69) is 90.9 Å². The minimum atomic E-state index is -0.925. The quantitative estimate of drug-likeness (QED) is 0.152. The molecule has 1 aliphatic heterocycles. The Morgan fingerprint density at radius 2 is 1.54 bits per heavy atom. The van der Waals surface area contributed by atoms with Crippen molar-refractivity contribution in [1.82, 2.24) is 14.5 Å². The van der Waals surface area contributed by atoms with Gasteiger partial charge in [0.15, 0.2) is 11.5 Å². The van der Waals surface area contributed by atoms with Crippen molar-refractivity contribution in [3.05, 3.63) is 125 Å². The number of carbonyl (C=O) groups is 1. The van der Waals surface area contributed by atoms with Crippen LogP contribution >= 0.6 is 0 Å². The van der Waals surface area contributed by atoms with Crippen LogP contribution in [0.3, 0.4) is 0 Å². The maximum Gasteiger partial charge on any atom is 0.335 e. The average Bonchev–Trinajstić information content (AvgIpc) is 3.41. The highest BCUT2D eigenvalue weighted by atomic mass is 16.6. The van der Waals surface area contributed by atoms with E-state index in [0.29, 0.717) is 32.8 Å². The van der Waals surface area contributed by atoms with Gasteiger partial charge in [-0.25, -0.2) is 9.78 Å². The Bertz CT molecular complexity index is 1810. The number of carboxylic acid groups (broad SMARTS) is 1. The minimum absolute atomic E-state index is 0.282.